The number of aryl methyl sites for hydroxylation is 3. The average molecular weight is 240 g/mol. The van der Waals surface area contributed by atoms with Crippen molar-refractivity contribution in [2.45, 2.75) is 20.3 Å². The van der Waals surface area contributed by atoms with Gasteiger partial charge in [0.1, 0.15) is 0 Å². The molecule has 0 atom stereocenters. The molecule has 0 radical (unpaired) electrons. The summed E-state index contributed by atoms with van der Waals surface area (Å²) in [5, 5.41) is 0.833. The van der Waals surface area contributed by atoms with Gasteiger partial charge in [-0.15, -0.1) is 11.3 Å². The molecule has 1 aromatic rings. The molecule has 1 aromatic heterocycles. The van der Waals surface area contributed by atoms with Crippen LogP contribution in [0.1, 0.15) is 15.6 Å². The second-order valence-corrected chi connectivity index (χ2v) is 6.93. The van der Waals surface area contributed by atoms with Gasteiger partial charge in [-0.1, -0.05) is 0 Å². The first-order valence-corrected chi connectivity index (χ1v) is 7.03. The van der Waals surface area contributed by atoms with Crippen LogP contribution in [0.5, 0.6) is 0 Å². The van der Waals surface area contributed by atoms with E-state index in [0.717, 1.165) is 15.6 Å². The Morgan fingerprint density at radius 3 is 2.46 bits per heavy atom. The first-order chi connectivity index (χ1) is 5.88. The number of hydrogen-bond acceptors (Lipinski definition) is 4. The third kappa shape index (κ3) is 3.62. The van der Waals surface area contributed by atoms with Crippen molar-refractivity contribution in [3.63, 3.8) is 0 Å². The van der Waals surface area contributed by atoms with Gasteiger partial charge in [0, 0.05) is 22.0 Å². The highest BCUT2D eigenvalue weighted by molar-refractivity contribution is 8.13. The van der Waals surface area contributed by atoms with E-state index in [1.165, 1.54) is 11.3 Å². The van der Waals surface area contributed by atoms with E-state index in [2.05, 4.69) is 4.98 Å². The number of hydrogen-bond donors (Lipinski definition) is 0. The Balaban J connectivity index is 2.66. The van der Waals surface area contributed by atoms with Crippen LogP contribution in [0.25, 0.3) is 0 Å². The fraction of sp³-hybridized carbons (Fsp3) is 0.571. The van der Waals surface area contributed by atoms with E-state index in [1.807, 2.05) is 13.8 Å². The molecular formula is C7H10ClNO2S2. The van der Waals surface area contributed by atoms with E-state index in [-0.39, 0.29) is 5.75 Å². The Bertz CT molecular complexity index is 377. The topological polar surface area (TPSA) is 47.0 Å². The molecule has 0 aliphatic carbocycles. The Hall–Kier alpha value is -0.130. The maximum absolute atomic E-state index is 10.6. The summed E-state index contributed by atoms with van der Waals surface area (Å²) >= 11 is 1.52. The monoisotopic (exact) mass is 239 g/mol. The summed E-state index contributed by atoms with van der Waals surface area (Å²) in [4.78, 5) is 5.34. The summed E-state index contributed by atoms with van der Waals surface area (Å²) in [5.41, 5.74) is 0.965. The van der Waals surface area contributed by atoms with Crippen molar-refractivity contribution in [3.05, 3.63) is 15.6 Å². The molecule has 1 heterocycles. The van der Waals surface area contributed by atoms with Crippen molar-refractivity contribution >= 4 is 31.1 Å². The third-order valence-electron chi connectivity index (χ3n) is 1.63. The molecule has 0 N–H and O–H groups in total. The van der Waals surface area contributed by atoms with Gasteiger partial charge in [0.2, 0.25) is 9.05 Å². The van der Waals surface area contributed by atoms with Crippen LogP contribution < -0.4 is 0 Å². The Kier molecular flexibility index (Phi) is 3.32. The van der Waals surface area contributed by atoms with Crippen molar-refractivity contribution in [1.29, 1.82) is 0 Å². The molecule has 0 bridgehead atoms. The van der Waals surface area contributed by atoms with Crippen molar-refractivity contribution in [2.24, 2.45) is 0 Å². The fourth-order valence-corrected chi connectivity index (χ4v) is 2.59. The zero-order valence-corrected chi connectivity index (χ0v) is 9.76. The van der Waals surface area contributed by atoms with Gasteiger partial charge in [0.25, 0.3) is 0 Å². The van der Waals surface area contributed by atoms with Crippen molar-refractivity contribution in [2.75, 3.05) is 5.75 Å². The van der Waals surface area contributed by atoms with Crippen LogP contribution in [0.4, 0.5) is 0 Å². The highest BCUT2D eigenvalue weighted by atomic mass is 35.7. The molecule has 0 amide bonds. The second kappa shape index (κ2) is 3.94. The lowest BCUT2D eigenvalue weighted by molar-refractivity contribution is 0.608. The van der Waals surface area contributed by atoms with E-state index in [1.54, 1.807) is 0 Å². The molecule has 1 rings (SSSR count). The second-order valence-electron chi connectivity index (χ2n) is 2.74. The largest absolute Gasteiger partial charge is 0.246 e. The Labute approximate surface area is 86.2 Å². The van der Waals surface area contributed by atoms with Crippen molar-refractivity contribution < 1.29 is 8.42 Å². The first kappa shape index (κ1) is 10.9. The number of aromatic nitrogens is 1. The molecule has 6 heteroatoms. The summed E-state index contributed by atoms with van der Waals surface area (Å²) < 4.78 is 21.3. The van der Waals surface area contributed by atoms with Gasteiger partial charge in [0.05, 0.1) is 16.5 Å². The lowest BCUT2D eigenvalue weighted by Crippen LogP contribution is -2.00. The quantitative estimate of drug-likeness (QED) is 0.757. The standard InChI is InChI=1S/C7H10ClNO2S2/c1-5-6(2)12-7(9-5)3-4-13(8,10)11/h3-4H2,1-2H3. The van der Waals surface area contributed by atoms with Gasteiger partial charge < -0.3 is 0 Å². The number of halogens is 1. The summed E-state index contributed by atoms with van der Waals surface area (Å²) in [6.07, 6.45) is 0.408. The molecule has 0 aliphatic heterocycles. The van der Waals surface area contributed by atoms with Crippen molar-refractivity contribution in [1.82, 2.24) is 4.98 Å². The van der Waals surface area contributed by atoms with Gasteiger partial charge in [-0.2, -0.15) is 0 Å². The molecule has 0 saturated heterocycles. The zero-order valence-electron chi connectivity index (χ0n) is 7.37. The summed E-state index contributed by atoms with van der Waals surface area (Å²) in [7, 11) is 1.69. The van der Waals surface area contributed by atoms with Crippen LogP contribution in [0.2, 0.25) is 0 Å². The number of thiazole rings is 1. The minimum Gasteiger partial charge on any atom is -0.246 e. The third-order valence-corrected chi connectivity index (χ3v) is 3.92. The van der Waals surface area contributed by atoms with Gasteiger partial charge >= 0.3 is 0 Å². The highest BCUT2D eigenvalue weighted by Crippen LogP contribution is 2.17. The van der Waals surface area contributed by atoms with Crippen LogP contribution in [-0.2, 0) is 15.5 Å². The van der Waals surface area contributed by atoms with Crippen LogP contribution >= 0.6 is 22.0 Å². The SMILES string of the molecule is Cc1nc(CCS(=O)(=O)Cl)sc1C. The molecule has 0 aromatic carbocycles. The van der Waals surface area contributed by atoms with E-state index in [4.69, 9.17) is 10.7 Å². The summed E-state index contributed by atoms with van der Waals surface area (Å²) in [6.45, 7) is 3.87. The maximum Gasteiger partial charge on any atom is 0.233 e. The maximum atomic E-state index is 10.6. The van der Waals surface area contributed by atoms with Crippen LogP contribution in [0, 0.1) is 13.8 Å². The van der Waals surface area contributed by atoms with Gasteiger partial charge in [-0.3, -0.25) is 0 Å². The first-order valence-electron chi connectivity index (χ1n) is 3.74. The zero-order chi connectivity index (χ0) is 10.1. The van der Waals surface area contributed by atoms with Crippen LogP contribution in [-0.4, -0.2) is 19.2 Å². The minimum atomic E-state index is -3.39. The fourth-order valence-electron chi connectivity index (χ4n) is 0.855. The molecule has 3 nitrogen and oxygen atoms in total. The van der Waals surface area contributed by atoms with Crippen molar-refractivity contribution in [3.8, 4) is 0 Å². The van der Waals surface area contributed by atoms with Gasteiger partial charge in [-0.25, -0.2) is 13.4 Å². The Morgan fingerprint density at radius 1 is 1.46 bits per heavy atom. The van der Waals surface area contributed by atoms with Crippen LogP contribution in [0.15, 0.2) is 0 Å². The number of rotatable bonds is 3. The molecule has 0 aliphatic rings. The van der Waals surface area contributed by atoms with Gasteiger partial charge in [0.15, 0.2) is 0 Å². The molecule has 0 fully saturated rings. The smallest absolute Gasteiger partial charge is 0.233 e. The predicted octanol–water partition coefficient (Wildman–Crippen LogP) is 1.87. The summed E-state index contributed by atoms with van der Waals surface area (Å²) in [6, 6.07) is 0. The Morgan fingerprint density at radius 2 is 2.08 bits per heavy atom. The minimum absolute atomic E-state index is 0.0407. The molecule has 0 saturated carbocycles. The van der Waals surface area contributed by atoms with E-state index >= 15 is 0 Å². The highest BCUT2D eigenvalue weighted by Gasteiger charge is 2.09. The predicted molar refractivity (Wildman–Crippen MR) is 54.9 cm³/mol. The van der Waals surface area contributed by atoms with E-state index in [0.29, 0.717) is 6.42 Å². The molecule has 13 heavy (non-hydrogen) atoms. The molecular weight excluding hydrogens is 230 g/mol. The van der Waals surface area contributed by atoms with Gasteiger partial charge in [-0.05, 0) is 13.8 Å². The van der Waals surface area contributed by atoms with E-state index < -0.39 is 9.05 Å². The normalized spacial score (nSPS) is 11.9. The molecule has 0 unspecified atom stereocenters. The lowest BCUT2D eigenvalue weighted by atomic mass is 10.4. The average Bonchev–Trinajstić information content (AvgIpc) is 2.27. The summed E-state index contributed by atoms with van der Waals surface area (Å²) in [5.74, 6) is -0.0407. The van der Waals surface area contributed by atoms with E-state index in [9.17, 15) is 8.42 Å². The molecule has 0 spiro atoms. The number of nitrogens with zero attached hydrogens (tertiary/aromatic N) is 1. The molecule has 74 valence electrons. The lowest BCUT2D eigenvalue weighted by Gasteiger charge is -1.91. The van der Waals surface area contributed by atoms with Crippen LogP contribution in [0.3, 0.4) is 0 Å².